The van der Waals surface area contributed by atoms with Crippen molar-refractivity contribution in [2.24, 2.45) is 0 Å². The zero-order valence-electron chi connectivity index (χ0n) is 11.2. The van der Waals surface area contributed by atoms with Crippen LogP contribution in [0.5, 0.6) is 0 Å². The molecule has 8 heteroatoms. The lowest BCUT2D eigenvalue weighted by molar-refractivity contribution is -0.111. The number of sulfone groups is 1. The van der Waals surface area contributed by atoms with Crippen molar-refractivity contribution in [2.75, 3.05) is 11.1 Å². The Balaban J connectivity index is 2.02. The van der Waals surface area contributed by atoms with Crippen LogP contribution in [0.15, 0.2) is 40.7 Å². The molecule has 1 aromatic carbocycles. The summed E-state index contributed by atoms with van der Waals surface area (Å²) in [5.41, 5.74) is 0.888. The molecule has 0 aliphatic heterocycles. The molecular weight excluding hydrogens is 310 g/mol. The molecule has 0 radical (unpaired) electrons. The summed E-state index contributed by atoms with van der Waals surface area (Å²) in [6, 6.07) is 9.34. The normalized spacial score (nSPS) is 11.7. The van der Waals surface area contributed by atoms with E-state index in [0.717, 1.165) is 16.9 Å². The Kier molecular flexibility index (Phi) is 4.81. The average Bonchev–Trinajstić information content (AvgIpc) is 2.95. The van der Waals surface area contributed by atoms with Crippen molar-refractivity contribution in [1.82, 2.24) is 10.2 Å². The van der Waals surface area contributed by atoms with Gasteiger partial charge in [-0.15, -0.1) is 10.2 Å². The van der Waals surface area contributed by atoms with E-state index in [2.05, 4.69) is 15.5 Å². The van der Waals surface area contributed by atoms with Crippen molar-refractivity contribution in [3.05, 3.63) is 42.0 Å². The van der Waals surface area contributed by atoms with E-state index in [9.17, 15) is 13.2 Å². The quantitative estimate of drug-likeness (QED) is 0.671. The minimum absolute atomic E-state index is 0.0521. The molecule has 0 aliphatic rings. The Morgan fingerprint density at radius 1 is 1.29 bits per heavy atom. The largest absolute Gasteiger partial charge is 0.297 e. The minimum atomic E-state index is -3.39. The summed E-state index contributed by atoms with van der Waals surface area (Å²) in [7, 11) is -3.39. The molecule has 6 nitrogen and oxygen atoms in total. The Morgan fingerprint density at radius 2 is 2.00 bits per heavy atom. The Hall–Kier alpha value is -2.06. The Labute approximate surface area is 126 Å². The molecule has 2 aromatic rings. The number of anilines is 1. The number of aromatic nitrogens is 2. The van der Waals surface area contributed by atoms with E-state index >= 15 is 0 Å². The van der Waals surface area contributed by atoms with Gasteiger partial charge in [-0.2, -0.15) is 0 Å². The van der Waals surface area contributed by atoms with Crippen molar-refractivity contribution >= 4 is 38.3 Å². The molecule has 110 valence electrons. The van der Waals surface area contributed by atoms with Gasteiger partial charge in [0.1, 0.15) is 0 Å². The van der Waals surface area contributed by atoms with Crippen LogP contribution in [0.4, 0.5) is 5.13 Å². The fourth-order valence-electron chi connectivity index (χ4n) is 1.39. The molecule has 0 unspecified atom stereocenters. The second kappa shape index (κ2) is 6.59. The lowest BCUT2D eigenvalue weighted by atomic mass is 10.2. The summed E-state index contributed by atoms with van der Waals surface area (Å²) < 4.78 is 23.1. The van der Waals surface area contributed by atoms with Crippen molar-refractivity contribution in [1.29, 1.82) is 0 Å². The third-order valence-corrected chi connectivity index (χ3v) is 5.53. The maximum Gasteiger partial charge on any atom is 0.250 e. The summed E-state index contributed by atoms with van der Waals surface area (Å²) >= 11 is 0.838. The molecule has 21 heavy (non-hydrogen) atoms. The van der Waals surface area contributed by atoms with Crippen LogP contribution in [0.1, 0.15) is 12.5 Å². The summed E-state index contributed by atoms with van der Waals surface area (Å²) in [6.07, 6.45) is 3.00. The van der Waals surface area contributed by atoms with Gasteiger partial charge in [0.15, 0.2) is 0 Å². The first-order valence-electron chi connectivity index (χ1n) is 6.11. The number of nitrogens with zero attached hydrogens (tertiary/aromatic N) is 2. The van der Waals surface area contributed by atoms with Gasteiger partial charge >= 0.3 is 0 Å². The smallest absolute Gasteiger partial charge is 0.250 e. The fraction of sp³-hybridized carbons (Fsp3) is 0.154. The number of carbonyl (C=O) groups excluding carboxylic acids is 1. The fourth-order valence-corrected chi connectivity index (χ4v) is 3.38. The van der Waals surface area contributed by atoms with Gasteiger partial charge in [-0.05, 0) is 11.6 Å². The molecule has 0 fully saturated rings. The molecule has 1 N–H and O–H groups in total. The number of nitrogens with one attached hydrogen (secondary N) is 1. The number of carbonyl (C=O) groups is 1. The Bertz CT molecular complexity index is 752. The van der Waals surface area contributed by atoms with Gasteiger partial charge in [0.25, 0.3) is 0 Å². The zero-order valence-corrected chi connectivity index (χ0v) is 12.8. The van der Waals surface area contributed by atoms with Gasteiger partial charge in [-0.25, -0.2) is 8.42 Å². The van der Waals surface area contributed by atoms with Gasteiger partial charge in [-0.1, -0.05) is 48.6 Å². The lowest BCUT2D eigenvalue weighted by Gasteiger charge is -1.95. The SMILES string of the molecule is CCS(=O)(=O)c1nnc(NC(=O)/C=C/c2ccccc2)s1. The summed E-state index contributed by atoms with van der Waals surface area (Å²) in [4.78, 5) is 11.7. The maximum atomic E-state index is 11.7. The van der Waals surface area contributed by atoms with Crippen LogP contribution in [0.25, 0.3) is 6.08 Å². The molecule has 1 heterocycles. The molecule has 0 atom stereocenters. The average molecular weight is 323 g/mol. The van der Waals surface area contributed by atoms with Crippen LogP contribution >= 0.6 is 11.3 Å². The van der Waals surface area contributed by atoms with Crippen LogP contribution in [0, 0.1) is 0 Å². The molecule has 2 rings (SSSR count). The second-order valence-corrected chi connectivity index (χ2v) is 7.44. The molecule has 0 saturated heterocycles. The first-order valence-corrected chi connectivity index (χ1v) is 8.58. The van der Waals surface area contributed by atoms with E-state index in [1.807, 2.05) is 30.3 Å². The highest BCUT2D eigenvalue weighted by atomic mass is 32.2. The molecule has 0 aliphatic carbocycles. The number of amides is 1. The van der Waals surface area contributed by atoms with E-state index in [4.69, 9.17) is 0 Å². The van der Waals surface area contributed by atoms with Crippen LogP contribution in [-0.2, 0) is 14.6 Å². The lowest BCUT2D eigenvalue weighted by Crippen LogP contribution is -2.07. The highest BCUT2D eigenvalue weighted by Gasteiger charge is 2.18. The second-order valence-electron chi connectivity index (χ2n) is 4.01. The number of benzene rings is 1. The number of hydrogen-bond donors (Lipinski definition) is 1. The first-order chi connectivity index (χ1) is 10.0. The monoisotopic (exact) mass is 323 g/mol. The topological polar surface area (TPSA) is 89.0 Å². The van der Waals surface area contributed by atoms with Gasteiger partial charge < -0.3 is 0 Å². The predicted molar refractivity (Wildman–Crippen MR) is 81.7 cm³/mol. The van der Waals surface area contributed by atoms with Crippen LogP contribution < -0.4 is 5.32 Å². The minimum Gasteiger partial charge on any atom is -0.297 e. The van der Waals surface area contributed by atoms with E-state index in [1.165, 1.54) is 13.0 Å². The molecule has 0 spiro atoms. The zero-order chi connectivity index (χ0) is 15.3. The molecular formula is C13H13N3O3S2. The third kappa shape index (κ3) is 4.20. The van der Waals surface area contributed by atoms with E-state index < -0.39 is 15.7 Å². The van der Waals surface area contributed by atoms with Crippen molar-refractivity contribution < 1.29 is 13.2 Å². The Morgan fingerprint density at radius 3 is 2.67 bits per heavy atom. The highest BCUT2D eigenvalue weighted by Crippen LogP contribution is 2.20. The maximum absolute atomic E-state index is 11.7. The molecule has 0 saturated carbocycles. The van der Waals surface area contributed by atoms with E-state index in [0.29, 0.717) is 0 Å². The summed E-state index contributed by atoms with van der Waals surface area (Å²) in [6.45, 7) is 1.53. The van der Waals surface area contributed by atoms with E-state index in [1.54, 1.807) is 6.08 Å². The van der Waals surface area contributed by atoms with Gasteiger partial charge in [0, 0.05) is 6.08 Å². The number of rotatable bonds is 5. The van der Waals surface area contributed by atoms with Crippen LogP contribution in [-0.4, -0.2) is 30.3 Å². The van der Waals surface area contributed by atoms with Gasteiger partial charge in [-0.3, -0.25) is 10.1 Å². The predicted octanol–water partition coefficient (Wildman–Crippen LogP) is 1.98. The van der Waals surface area contributed by atoms with Gasteiger partial charge in [0.2, 0.25) is 25.2 Å². The van der Waals surface area contributed by atoms with Crippen LogP contribution in [0.2, 0.25) is 0 Å². The van der Waals surface area contributed by atoms with Gasteiger partial charge in [0.05, 0.1) is 5.75 Å². The van der Waals surface area contributed by atoms with Crippen LogP contribution in [0.3, 0.4) is 0 Å². The number of hydrogen-bond acceptors (Lipinski definition) is 6. The molecule has 1 aromatic heterocycles. The highest BCUT2D eigenvalue weighted by molar-refractivity contribution is 7.93. The first kappa shape index (κ1) is 15.3. The van der Waals surface area contributed by atoms with Crippen molar-refractivity contribution in [3.8, 4) is 0 Å². The standard InChI is InChI=1S/C13H13N3O3S2/c1-2-21(18,19)13-16-15-12(20-13)14-11(17)9-8-10-6-4-3-5-7-10/h3-9H,2H2,1H3,(H,14,15,17)/b9-8+. The van der Waals surface area contributed by atoms with Crippen molar-refractivity contribution in [2.45, 2.75) is 11.3 Å². The third-order valence-electron chi connectivity index (χ3n) is 2.51. The summed E-state index contributed by atoms with van der Waals surface area (Å²) in [5.74, 6) is -0.445. The molecule has 1 amide bonds. The van der Waals surface area contributed by atoms with E-state index in [-0.39, 0.29) is 15.2 Å². The summed E-state index contributed by atoms with van der Waals surface area (Å²) in [5, 5.41) is 9.86. The van der Waals surface area contributed by atoms with Crippen molar-refractivity contribution in [3.63, 3.8) is 0 Å². The molecule has 0 bridgehead atoms.